The normalized spacial score (nSPS) is 15.6. The third-order valence-electron chi connectivity index (χ3n) is 4.88. The summed E-state index contributed by atoms with van der Waals surface area (Å²) in [4.78, 5) is 35.7. The summed E-state index contributed by atoms with van der Waals surface area (Å²) in [5.74, 6) is -0.713. The maximum atomic E-state index is 12.1. The molecule has 6 nitrogen and oxygen atoms in total. The Morgan fingerprint density at radius 3 is 2.41 bits per heavy atom. The van der Waals surface area contributed by atoms with Crippen LogP contribution in [0.2, 0.25) is 0 Å². The van der Waals surface area contributed by atoms with Crippen molar-refractivity contribution >= 4 is 17.8 Å². The molecule has 1 aliphatic rings. The summed E-state index contributed by atoms with van der Waals surface area (Å²) in [6.07, 6.45) is 7.06. The van der Waals surface area contributed by atoms with Crippen LogP contribution in [0.5, 0.6) is 0 Å². The number of benzene rings is 1. The van der Waals surface area contributed by atoms with Gasteiger partial charge in [0.15, 0.2) is 6.61 Å². The number of amides is 2. The van der Waals surface area contributed by atoms with Gasteiger partial charge in [0.05, 0.1) is 5.56 Å². The summed E-state index contributed by atoms with van der Waals surface area (Å²) < 4.78 is 5.05. The molecule has 1 saturated carbocycles. The third kappa shape index (κ3) is 6.70. The van der Waals surface area contributed by atoms with E-state index in [0.717, 1.165) is 6.42 Å². The highest BCUT2D eigenvalue weighted by Crippen LogP contribution is 2.32. The Labute approximate surface area is 161 Å². The van der Waals surface area contributed by atoms with Gasteiger partial charge in [0.1, 0.15) is 6.04 Å². The van der Waals surface area contributed by atoms with Crippen LogP contribution < -0.4 is 10.6 Å². The van der Waals surface area contributed by atoms with Gasteiger partial charge in [-0.05, 0) is 49.8 Å². The predicted molar refractivity (Wildman–Crippen MR) is 103 cm³/mol. The number of hydrogen-bond donors (Lipinski definition) is 2. The van der Waals surface area contributed by atoms with Crippen molar-refractivity contribution in [3.8, 4) is 0 Å². The van der Waals surface area contributed by atoms with E-state index in [2.05, 4.69) is 10.6 Å². The lowest BCUT2D eigenvalue weighted by molar-refractivity contribution is -0.130. The van der Waals surface area contributed by atoms with Crippen molar-refractivity contribution < 1.29 is 19.1 Å². The maximum Gasteiger partial charge on any atom is 0.338 e. The molecular formula is C21H30N2O4. The molecule has 1 atom stereocenters. The van der Waals surface area contributed by atoms with Gasteiger partial charge in [-0.2, -0.15) is 0 Å². The molecule has 1 aromatic carbocycles. The average molecular weight is 374 g/mol. The number of ether oxygens (including phenoxy) is 1. The number of carbonyl (C=O) groups is 3. The summed E-state index contributed by atoms with van der Waals surface area (Å²) in [5.41, 5.74) is 1.69. The Bertz CT molecular complexity index is 636. The first kappa shape index (κ1) is 20.9. The number of rotatable bonds is 8. The Morgan fingerprint density at radius 2 is 1.78 bits per heavy atom. The zero-order chi connectivity index (χ0) is 19.6. The molecule has 1 aliphatic carbocycles. The second-order valence-electron chi connectivity index (χ2n) is 7.11. The first-order valence-corrected chi connectivity index (χ1v) is 9.85. The first-order chi connectivity index (χ1) is 13.0. The molecule has 2 amide bonds. The second-order valence-corrected chi connectivity index (χ2v) is 7.11. The van der Waals surface area contributed by atoms with Gasteiger partial charge >= 0.3 is 5.97 Å². The number of nitrogens with one attached hydrogen (secondary N) is 2. The van der Waals surface area contributed by atoms with Gasteiger partial charge in [-0.3, -0.25) is 9.59 Å². The smallest absolute Gasteiger partial charge is 0.338 e. The summed E-state index contributed by atoms with van der Waals surface area (Å²) in [6, 6.07) is 6.80. The number of hydrogen-bond acceptors (Lipinski definition) is 4. The highest BCUT2D eigenvalue weighted by Gasteiger charge is 2.18. The van der Waals surface area contributed by atoms with Gasteiger partial charge in [-0.1, -0.05) is 38.3 Å². The van der Waals surface area contributed by atoms with Crippen LogP contribution in [-0.2, 0) is 14.3 Å². The fraction of sp³-hybridized carbons (Fsp3) is 0.571. The lowest BCUT2D eigenvalue weighted by Crippen LogP contribution is -2.46. The van der Waals surface area contributed by atoms with Gasteiger partial charge in [0.2, 0.25) is 5.91 Å². The Balaban J connectivity index is 1.77. The minimum absolute atomic E-state index is 0.255. The van der Waals surface area contributed by atoms with Crippen LogP contribution in [0.3, 0.4) is 0 Å². The van der Waals surface area contributed by atoms with Gasteiger partial charge in [-0.15, -0.1) is 0 Å². The monoisotopic (exact) mass is 374 g/mol. The first-order valence-electron chi connectivity index (χ1n) is 9.85. The molecule has 6 heteroatoms. The molecule has 0 unspecified atom stereocenters. The van der Waals surface area contributed by atoms with Crippen LogP contribution >= 0.6 is 0 Å². The fourth-order valence-corrected chi connectivity index (χ4v) is 3.29. The van der Waals surface area contributed by atoms with Crippen LogP contribution in [0.15, 0.2) is 24.3 Å². The molecule has 0 aliphatic heterocycles. The quantitative estimate of drug-likeness (QED) is 0.685. The van der Waals surface area contributed by atoms with Gasteiger partial charge in [0, 0.05) is 6.54 Å². The molecule has 0 bridgehead atoms. The van der Waals surface area contributed by atoms with E-state index in [1.807, 2.05) is 19.1 Å². The van der Waals surface area contributed by atoms with Crippen molar-refractivity contribution in [2.45, 2.75) is 64.3 Å². The van der Waals surface area contributed by atoms with E-state index >= 15 is 0 Å². The highest BCUT2D eigenvalue weighted by molar-refractivity contribution is 5.92. The molecule has 0 spiro atoms. The van der Waals surface area contributed by atoms with E-state index in [-0.39, 0.29) is 5.91 Å². The SMILES string of the molecule is CCCNC(=O)[C@@H](C)NC(=O)COC(=O)c1ccc(C2CCCCC2)cc1. The molecule has 0 heterocycles. The summed E-state index contributed by atoms with van der Waals surface area (Å²) in [7, 11) is 0. The molecule has 2 rings (SSSR count). The number of esters is 1. The number of carbonyl (C=O) groups excluding carboxylic acids is 3. The van der Waals surface area contributed by atoms with E-state index in [0.29, 0.717) is 18.0 Å². The van der Waals surface area contributed by atoms with Crippen LogP contribution in [-0.4, -0.2) is 37.0 Å². The lowest BCUT2D eigenvalue weighted by atomic mass is 9.84. The third-order valence-corrected chi connectivity index (χ3v) is 4.88. The Morgan fingerprint density at radius 1 is 1.11 bits per heavy atom. The Hall–Kier alpha value is -2.37. The maximum absolute atomic E-state index is 12.1. The molecule has 1 aromatic rings. The van der Waals surface area contributed by atoms with E-state index < -0.39 is 24.5 Å². The summed E-state index contributed by atoms with van der Waals surface area (Å²) >= 11 is 0. The predicted octanol–water partition coefficient (Wildman–Crippen LogP) is 2.92. The highest BCUT2D eigenvalue weighted by atomic mass is 16.5. The summed E-state index contributed by atoms with van der Waals surface area (Å²) in [5, 5.41) is 5.22. The van der Waals surface area contributed by atoms with Crippen molar-refractivity contribution in [2.24, 2.45) is 0 Å². The zero-order valence-corrected chi connectivity index (χ0v) is 16.3. The standard InChI is InChI=1S/C21H30N2O4/c1-3-13-22-20(25)15(2)23-19(24)14-27-21(26)18-11-9-17(10-12-18)16-7-5-4-6-8-16/h9-12,15-16H,3-8,13-14H2,1-2H3,(H,22,25)(H,23,24)/t15-/m1/s1. The van der Waals surface area contributed by atoms with E-state index in [1.165, 1.54) is 37.7 Å². The molecule has 0 radical (unpaired) electrons. The Kier molecular flexibility index (Phi) is 8.30. The molecule has 27 heavy (non-hydrogen) atoms. The molecule has 1 fully saturated rings. The van der Waals surface area contributed by atoms with Crippen LogP contribution in [0, 0.1) is 0 Å². The minimum Gasteiger partial charge on any atom is -0.452 e. The zero-order valence-electron chi connectivity index (χ0n) is 16.3. The van der Waals surface area contributed by atoms with Crippen molar-refractivity contribution in [3.63, 3.8) is 0 Å². The molecule has 148 valence electrons. The average Bonchev–Trinajstić information content (AvgIpc) is 2.70. The van der Waals surface area contributed by atoms with Crippen molar-refractivity contribution in [1.29, 1.82) is 0 Å². The van der Waals surface area contributed by atoms with Crippen molar-refractivity contribution in [2.75, 3.05) is 13.2 Å². The lowest BCUT2D eigenvalue weighted by Gasteiger charge is -2.22. The molecular weight excluding hydrogens is 344 g/mol. The van der Waals surface area contributed by atoms with E-state index in [4.69, 9.17) is 4.74 Å². The van der Waals surface area contributed by atoms with Crippen LogP contribution in [0.4, 0.5) is 0 Å². The minimum atomic E-state index is -0.669. The molecule has 0 aromatic heterocycles. The largest absolute Gasteiger partial charge is 0.452 e. The van der Waals surface area contributed by atoms with Gasteiger partial charge < -0.3 is 15.4 Å². The topological polar surface area (TPSA) is 84.5 Å². The van der Waals surface area contributed by atoms with E-state index in [1.54, 1.807) is 19.1 Å². The van der Waals surface area contributed by atoms with Gasteiger partial charge in [-0.25, -0.2) is 4.79 Å². The molecule has 0 saturated heterocycles. The molecule has 2 N–H and O–H groups in total. The summed E-state index contributed by atoms with van der Waals surface area (Å²) in [6.45, 7) is 3.69. The van der Waals surface area contributed by atoms with Crippen LogP contribution in [0.25, 0.3) is 0 Å². The van der Waals surface area contributed by atoms with Crippen LogP contribution in [0.1, 0.15) is 74.2 Å². The fourth-order valence-electron chi connectivity index (χ4n) is 3.29. The van der Waals surface area contributed by atoms with E-state index in [9.17, 15) is 14.4 Å². The second kappa shape index (κ2) is 10.7. The van der Waals surface area contributed by atoms with Crippen molar-refractivity contribution in [1.82, 2.24) is 10.6 Å². The van der Waals surface area contributed by atoms with Gasteiger partial charge in [0.25, 0.3) is 5.91 Å². The van der Waals surface area contributed by atoms with Crippen molar-refractivity contribution in [3.05, 3.63) is 35.4 Å².